The van der Waals surface area contributed by atoms with Gasteiger partial charge in [-0.25, -0.2) is 0 Å². The predicted octanol–water partition coefficient (Wildman–Crippen LogP) is 2.11. The first-order valence-electron chi connectivity index (χ1n) is 4.04. The summed E-state index contributed by atoms with van der Waals surface area (Å²) in [5.74, 6) is 0. The Labute approximate surface area is 81.4 Å². The molecule has 0 saturated carbocycles. The zero-order valence-electron chi connectivity index (χ0n) is 7.20. The average molecular weight is 318 g/mol. The van der Waals surface area contributed by atoms with Gasteiger partial charge in [0, 0.05) is 0 Å². The molecule has 13 heavy (non-hydrogen) atoms. The van der Waals surface area contributed by atoms with Crippen LogP contribution < -0.4 is 0 Å². The molecule has 2 rings (SSSR count). The number of hydrogen-bond donors (Lipinski definition) is 0. The normalized spacial score (nSPS) is 31.7. The molecule has 2 fully saturated rings. The fraction of sp³-hybridized carbons (Fsp3) is 0.714. The molecule has 0 bridgehead atoms. The molecule has 0 atom stereocenters. The molecule has 0 aromatic rings. The Kier molecular flexibility index (Phi) is 2.75. The van der Waals surface area contributed by atoms with E-state index in [1.807, 2.05) is 0 Å². The van der Waals surface area contributed by atoms with Gasteiger partial charge in [-0.15, -0.1) is 0 Å². The summed E-state index contributed by atoms with van der Waals surface area (Å²) >= 11 is -2.38. The van der Waals surface area contributed by atoms with Crippen LogP contribution in [-0.2, 0) is 16.5 Å². The van der Waals surface area contributed by atoms with Crippen LogP contribution in [0.5, 0.6) is 0 Å². The van der Waals surface area contributed by atoms with E-state index in [4.69, 9.17) is 11.9 Å². The summed E-state index contributed by atoms with van der Waals surface area (Å²) in [6, 6.07) is 0. The SMILES string of the molecule is C=C=I1(OP2(=O)OCCCO2)CC1. The number of phosphoric acid groups is 1. The third-order valence-electron chi connectivity index (χ3n) is 1.78. The van der Waals surface area contributed by atoms with Crippen molar-refractivity contribution in [2.24, 2.45) is 0 Å². The minimum atomic E-state index is -3.21. The number of hydrogen-bond acceptors (Lipinski definition) is 4. The van der Waals surface area contributed by atoms with Gasteiger partial charge in [-0.1, -0.05) is 0 Å². The molecule has 6 heteroatoms. The van der Waals surface area contributed by atoms with Crippen LogP contribution in [-0.4, -0.2) is 25.7 Å². The van der Waals surface area contributed by atoms with Crippen molar-refractivity contribution in [3.05, 3.63) is 6.58 Å². The summed E-state index contributed by atoms with van der Waals surface area (Å²) in [6.45, 7) is 4.52. The third-order valence-corrected chi connectivity index (χ3v) is 11.3. The summed E-state index contributed by atoms with van der Waals surface area (Å²) in [6.07, 6.45) is 0.782. The standard InChI is InChI=1S/C7H12IO4P/c1-2-8(4-5-8)12-13(9)10-6-3-7-11-13/h1,3-7H2. The van der Waals surface area contributed by atoms with Crippen molar-refractivity contribution in [3.63, 3.8) is 0 Å². The molecule has 0 spiro atoms. The van der Waals surface area contributed by atoms with E-state index in [2.05, 4.69) is 10.2 Å². The van der Waals surface area contributed by atoms with Gasteiger partial charge < -0.3 is 0 Å². The summed E-state index contributed by atoms with van der Waals surface area (Å²) in [5, 5.41) is 0. The third kappa shape index (κ3) is 2.29. The van der Waals surface area contributed by atoms with E-state index in [1.165, 1.54) is 0 Å². The molecule has 76 valence electrons. The predicted molar refractivity (Wildman–Crippen MR) is 59.6 cm³/mol. The van der Waals surface area contributed by atoms with Gasteiger partial charge in [0.15, 0.2) is 0 Å². The molecular formula is C7H12IO4P. The monoisotopic (exact) mass is 318 g/mol. The fourth-order valence-electron chi connectivity index (χ4n) is 0.942. The molecule has 0 aromatic heterocycles. The molecule has 2 heterocycles. The van der Waals surface area contributed by atoms with Crippen molar-refractivity contribution in [2.75, 3.05) is 22.1 Å². The first-order chi connectivity index (χ1) is 6.18. The molecule has 0 N–H and O–H groups in total. The fourth-order valence-corrected chi connectivity index (χ4v) is 11.0. The second kappa shape index (κ2) is 3.57. The van der Waals surface area contributed by atoms with E-state index in [9.17, 15) is 4.57 Å². The Hall–Kier alpha value is 0.490. The van der Waals surface area contributed by atoms with Crippen molar-refractivity contribution in [1.29, 1.82) is 0 Å². The molecular weight excluding hydrogens is 306 g/mol. The summed E-state index contributed by atoms with van der Waals surface area (Å²) in [5.41, 5.74) is 0. The Morgan fingerprint density at radius 1 is 1.38 bits per heavy atom. The molecule has 0 aliphatic carbocycles. The Morgan fingerprint density at radius 2 is 2.00 bits per heavy atom. The van der Waals surface area contributed by atoms with Gasteiger partial charge >= 0.3 is 81.4 Å². The maximum atomic E-state index is 11.8. The molecule has 2 aliphatic rings. The number of halogens is 1. The number of rotatable bonds is 2. The van der Waals surface area contributed by atoms with E-state index >= 15 is 0 Å². The van der Waals surface area contributed by atoms with E-state index in [-0.39, 0.29) is 0 Å². The van der Waals surface area contributed by atoms with Crippen LogP contribution in [0.4, 0.5) is 0 Å². The van der Waals surface area contributed by atoms with Crippen LogP contribution in [0.3, 0.4) is 0 Å². The topological polar surface area (TPSA) is 44.8 Å². The van der Waals surface area contributed by atoms with Gasteiger partial charge in [-0.05, 0) is 0 Å². The van der Waals surface area contributed by atoms with Gasteiger partial charge in [0.1, 0.15) is 0 Å². The molecule has 2 aliphatic heterocycles. The zero-order chi connectivity index (χ0) is 9.36. The molecule has 0 radical (unpaired) electrons. The second-order valence-corrected chi connectivity index (χ2v) is 12.7. The number of alkyl halides is 2. The molecule has 0 aromatic carbocycles. The van der Waals surface area contributed by atoms with E-state index in [1.54, 1.807) is 0 Å². The van der Waals surface area contributed by atoms with Gasteiger partial charge in [-0.2, -0.15) is 0 Å². The Morgan fingerprint density at radius 3 is 2.46 bits per heavy atom. The van der Waals surface area contributed by atoms with Crippen LogP contribution in [0, 0.1) is 0 Å². The van der Waals surface area contributed by atoms with Crippen molar-refractivity contribution < 1.29 is 16.5 Å². The first-order valence-corrected chi connectivity index (χ1v) is 10.5. The van der Waals surface area contributed by atoms with Gasteiger partial charge in [-0.3, -0.25) is 0 Å². The van der Waals surface area contributed by atoms with Crippen LogP contribution in [0.25, 0.3) is 0 Å². The zero-order valence-corrected chi connectivity index (χ0v) is 10.3. The van der Waals surface area contributed by atoms with Crippen LogP contribution in [0.2, 0.25) is 0 Å². The van der Waals surface area contributed by atoms with E-state index in [0.29, 0.717) is 13.2 Å². The van der Waals surface area contributed by atoms with Gasteiger partial charge in [0.2, 0.25) is 0 Å². The first kappa shape index (κ1) is 10.0. The summed E-state index contributed by atoms with van der Waals surface area (Å²) in [7, 11) is -3.21. The van der Waals surface area contributed by atoms with Crippen molar-refractivity contribution >= 4 is 29.9 Å². The minimum absolute atomic E-state index is 0.464. The van der Waals surface area contributed by atoms with E-state index < -0.39 is 26.2 Å². The van der Waals surface area contributed by atoms with Gasteiger partial charge in [0.25, 0.3) is 0 Å². The Bertz CT molecular complexity index is 315. The quantitative estimate of drug-likeness (QED) is 0.444. The summed E-state index contributed by atoms with van der Waals surface area (Å²) in [4.78, 5) is 0. The van der Waals surface area contributed by atoms with Crippen LogP contribution >= 0.6 is 26.2 Å². The second-order valence-electron chi connectivity index (χ2n) is 2.80. The van der Waals surface area contributed by atoms with Crippen LogP contribution in [0.1, 0.15) is 6.42 Å². The molecule has 2 saturated heterocycles. The average Bonchev–Trinajstić information content (AvgIpc) is 2.86. The molecule has 0 unspecified atom stereocenters. The number of phosphoric ester groups is 1. The van der Waals surface area contributed by atoms with Crippen molar-refractivity contribution in [3.8, 4) is 0 Å². The van der Waals surface area contributed by atoms with Crippen LogP contribution in [0.15, 0.2) is 6.58 Å². The van der Waals surface area contributed by atoms with Crippen molar-refractivity contribution in [2.45, 2.75) is 6.42 Å². The van der Waals surface area contributed by atoms with Crippen molar-refractivity contribution in [1.82, 2.24) is 0 Å². The molecule has 0 amide bonds. The van der Waals surface area contributed by atoms with E-state index in [0.717, 1.165) is 15.3 Å². The van der Waals surface area contributed by atoms with Gasteiger partial charge in [0.05, 0.1) is 0 Å². The maximum absolute atomic E-state index is 11.8. The molecule has 4 nitrogen and oxygen atoms in total. The Balaban J connectivity index is 2.08. The summed E-state index contributed by atoms with van der Waals surface area (Å²) < 4.78 is 32.1.